The van der Waals surface area contributed by atoms with Crippen molar-refractivity contribution in [3.63, 3.8) is 0 Å². The molecule has 2 N–H and O–H groups in total. The molecule has 0 amide bonds. The minimum Gasteiger partial charge on any atom is -0.489 e. The molecule has 0 aliphatic rings. The zero-order valence-corrected chi connectivity index (χ0v) is 16.7. The van der Waals surface area contributed by atoms with E-state index in [1.54, 1.807) is 6.07 Å². The van der Waals surface area contributed by atoms with Crippen molar-refractivity contribution in [2.75, 3.05) is 18.9 Å². The molecule has 0 aliphatic heterocycles. The second-order valence-electron chi connectivity index (χ2n) is 7.21. The summed E-state index contributed by atoms with van der Waals surface area (Å²) in [5, 5.41) is 0.704. The highest BCUT2D eigenvalue weighted by molar-refractivity contribution is 6.74. The average Bonchev–Trinajstić information content (AvgIpc) is 2.43. The van der Waals surface area contributed by atoms with Crippen LogP contribution in [0.3, 0.4) is 0 Å². The van der Waals surface area contributed by atoms with Crippen molar-refractivity contribution >= 4 is 31.9 Å². The molecule has 1 aromatic rings. The Morgan fingerprint density at radius 3 is 2.43 bits per heavy atom. The van der Waals surface area contributed by atoms with Crippen LogP contribution in [0.1, 0.15) is 31.9 Å². The van der Waals surface area contributed by atoms with Crippen LogP contribution < -0.4 is 10.5 Å². The second kappa shape index (κ2) is 7.68. The van der Waals surface area contributed by atoms with Gasteiger partial charge in [0, 0.05) is 17.0 Å². The summed E-state index contributed by atoms with van der Waals surface area (Å²) in [5.74, 6) is 0.540. The molecule has 0 radical (unpaired) electrons. The molecule has 0 atom stereocenters. The van der Waals surface area contributed by atoms with Gasteiger partial charge in [-0.25, -0.2) is 0 Å². The quantitative estimate of drug-likeness (QED) is 0.340. The monoisotopic (exact) mass is 357 g/mol. The highest BCUT2D eigenvalue weighted by atomic mass is 35.5. The molecule has 6 heteroatoms. The van der Waals surface area contributed by atoms with Gasteiger partial charge in [-0.05, 0) is 36.7 Å². The van der Waals surface area contributed by atoms with Crippen LogP contribution in [0.2, 0.25) is 23.2 Å². The fourth-order valence-corrected chi connectivity index (χ4v) is 3.13. The van der Waals surface area contributed by atoms with E-state index in [9.17, 15) is 4.79 Å². The number of hydrogen-bond donors (Lipinski definition) is 1. The summed E-state index contributed by atoms with van der Waals surface area (Å²) in [6, 6.07) is 1.74. The van der Waals surface area contributed by atoms with Crippen LogP contribution in [0.4, 0.5) is 5.69 Å². The first-order chi connectivity index (χ1) is 10.5. The molecule has 0 saturated heterocycles. The standard InChI is InChI=1S/C17H28ClNO3Si/c1-12-14(18)11-13(7-8-20)16(15(12)19)21-9-10-22-23(5,6)17(2,3)4/h8,11H,7,9-10,19H2,1-6H3. The predicted octanol–water partition coefficient (Wildman–Crippen LogP) is 4.37. The SMILES string of the molecule is Cc1c(Cl)cc(CC=O)c(OCCO[Si](C)(C)C(C)(C)C)c1N. The van der Waals surface area contributed by atoms with Crippen LogP contribution in [-0.2, 0) is 15.6 Å². The third-order valence-electron chi connectivity index (χ3n) is 4.50. The molecule has 0 spiro atoms. The normalized spacial score (nSPS) is 12.3. The highest BCUT2D eigenvalue weighted by Crippen LogP contribution is 2.37. The Hall–Kier alpha value is -1.04. The fraction of sp³-hybridized carbons (Fsp3) is 0.588. The minimum atomic E-state index is -1.79. The van der Waals surface area contributed by atoms with Gasteiger partial charge in [0.2, 0.25) is 0 Å². The third-order valence-corrected chi connectivity index (χ3v) is 9.43. The van der Waals surface area contributed by atoms with E-state index in [4.69, 9.17) is 26.5 Å². The first-order valence-corrected chi connectivity index (χ1v) is 11.1. The molecule has 4 nitrogen and oxygen atoms in total. The third kappa shape index (κ3) is 4.96. The van der Waals surface area contributed by atoms with Gasteiger partial charge in [0.25, 0.3) is 0 Å². The van der Waals surface area contributed by atoms with Gasteiger partial charge < -0.3 is 19.7 Å². The van der Waals surface area contributed by atoms with Gasteiger partial charge in [-0.2, -0.15) is 0 Å². The molecular weight excluding hydrogens is 330 g/mol. The van der Waals surface area contributed by atoms with E-state index in [1.807, 2.05) is 6.92 Å². The lowest BCUT2D eigenvalue weighted by molar-refractivity contribution is -0.107. The molecule has 1 aromatic carbocycles. The first-order valence-electron chi connectivity index (χ1n) is 7.79. The minimum absolute atomic E-state index is 0.158. The van der Waals surface area contributed by atoms with Crippen LogP contribution in [0, 0.1) is 6.92 Å². The number of aldehydes is 1. The Labute approximate surface area is 145 Å². The summed E-state index contributed by atoms with van der Waals surface area (Å²) in [6.07, 6.45) is 1.04. The maximum atomic E-state index is 10.8. The lowest BCUT2D eigenvalue weighted by Crippen LogP contribution is -2.41. The molecule has 0 saturated carbocycles. The Morgan fingerprint density at radius 1 is 1.30 bits per heavy atom. The molecule has 0 heterocycles. The van der Waals surface area contributed by atoms with E-state index >= 15 is 0 Å². The Balaban J connectivity index is 2.79. The maximum absolute atomic E-state index is 10.8. The average molecular weight is 358 g/mol. The van der Waals surface area contributed by atoms with Crippen molar-refractivity contribution in [3.05, 3.63) is 22.2 Å². The van der Waals surface area contributed by atoms with E-state index in [0.717, 1.165) is 11.8 Å². The number of nitrogens with two attached hydrogens (primary N) is 1. The van der Waals surface area contributed by atoms with E-state index < -0.39 is 8.32 Å². The van der Waals surface area contributed by atoms with Crippen molar-refractivity contribution in [3.8, 4) is 5.75 Å². The molecule has 23 heavy (non-hydrogen) atoms. The van der Waals surface area contributed by atoms with Gasteiger partial charge in [0.05, 0.1) is 12.3 Å². The number of benzene rings is 1. The second-order valence-corrected chi connectivity index (χ2v) is 12.4. The van der Waals surface area contributed by atoms with Gasteiger partial charge >= 0.3 is 0 Å². The molecule has 0 fully saturated rings. The zero-order chi connectivity index (χ0) is 17.8. The summed E-state index contributed by atoms with van der Waals surface area (Å²) in [4.78, 5) is 10.8. The smallest absolute Gasteiger partial charge is 0.192 e. The maximum Gasteiger partial charge on any atom is 0.192 e. The van der Waals surface area contributed by atoms with E-state index in [2.05, 4.69) is 33.9 Å². The van der Waals surface area contributed by atoms with Crippen molar-refractivity contribution in [2.45, 2.75) is 52.2 Å². The van der Waals surface area contributed by atoms with Crippen molar-refractivity contribution in [2.24, 2.45) is 0 Å². The fourth-order valence-electron chi connectivity index (χ4n) is 1.87. The number of hydrogen-bond acceptors (Lipinski definition) is 4. The molecule has 1 rings (SSSR count). The van der Waals surface area contributed by atoms with Crippen LogP contribution in [0.5, 0.6) is 5.75 Å². The summed E-state index contributed by atoms with van der Waals surface area (Å²) < 4.78 is 11.9. The number of halogens is 1. The van der Waals surface area contributed by atoms with Gasteiger partial charge in [0.15, 0.2) is 8.32 Å². The molecule has 0 bridgehead atoms. The summed E-state index contributed by atoms with van der Waals surface area (Å²) in [5.41, 5.74) is 8.06. The first kappa shape index (κ1) is 20.0. The lowest BCUT2D eigenvalue weighted by atomic mass is 10.1. The van der Waals surface area contributed by atoms with Crippen LogP contribution >= 0.6 is 11.6 Å². The molecular formula is C17H28ClNO3Si. The zero-order valence-electron chi connectivity index (χ0n) is 15.0. The Kier molecular flexibility index (Phi) is 6.68. The van der Waals surface area contributed by atoms with Crippen LogP contribution in [0.25, 0.3) is 0 Å². The molecule has 130 valence electrons. The summed E-state index contributed by atoms with van der Waals surface area (Å²) in [7, 11) is -1.79. The van der Waals surface area contributed by atoms with Crippen molar-refractivity contribution in [1.29, 1.82) is 0 Å². The number of rotatable bonds is 7. The Bertz CT molecular complexity index is 568. The van der Waals surface area contributed by atoms with Crippen LogP contribution in [0.15, 0.2) is 6.07 Å². The number of carbonyl (C=O) groups excluding carboxylic acids is 1. The van der Waals surface area contributed by atoms with E-state index in [0.29, 0.717) is 35.2 Å². The molecule has 0 aromatic heterocycles. The largest absolute Gasteiger partial charge is 0.489 e. The summed E-state index contributed by atoms with van der Waals surface area (Å²) in [6.45, 7) is 13.7. The van der Waals surface area contributed by atoms with E-state index in [1.165, 1.54) is 0 Å². The van der Waals surface area contributed by atoms with Crippen LogP contribution in [-0.4, -0.2) is 27.8 Å². The highest BCUT2D eigenvalue weighted by Gasteiger charge is 2.36. The van der Waals surface area contributed by atoms with Crippen molar-refractivity contribution < 1.29 is 14.0 Å². The predicted molar refractivity (Wildman–Crippen MR) is 99.0 cm³/mol. The topological polar surface area (TPSA) is 61.5 Å². The number of nitrogen functional groups attached to an aromatic ring is 1. The van der Waals surface area contributed by atoms with Gasteiger partial charge in [-0.3, -0.25) is 0 Å². The van der Waals surface area contributed by atoms with Gasteiger partial charge in [-0.15, -0.1) is 0 Å². The number of ether oxygens (including phenoxy) is 1. The number of carbonyl (C=O) groups is 1. The summed E-state index contributed by atoms with van der Waals surface area (Å²) >= 11 is 6.13. The molecule has 0 unspecified atom stereocenters. The number of anilines is 1. The van der Waals surface area contributed by atoms with E-state index in [-0.39, 0.29) is 11.5 Å². The molecule has 0 aliphatic carbocycles. The van der Waals surface area contributed by atoms with Crippen molar-refractivity contribution in [1.82, 2.24) is 0 Å². The van der Waals surface area contributed by atoms with Gasteiger partial charge in [0.1, 0.15) is 18.6 Å². The Morgan fingerprint density at radius 2 is 1.91 bits per heavy atom. The van der Waals surface area contributed by atoms with Gasteiger partial charge in [-0.1, -0.05) is 32.4 Å². The lowest BCUT2D eigenvalue weighted by Gasteiger charge is -2.36.